The number of methoxy groups -OCH3 is 1. The fourth-order valence-corrected chi connectivity index (χ4v) is 1.53. The molecule has 1 rings (SSSR count). The van der Waals surface area contributed by atoms with Crippen LogP contribution in [0, 0.1) is 13.8 Å². The molecule has 0 saturated carbocycles. The van der Waals surface area contributed by atoms with E-state index in [2.05, 4.69) is 9.72 Å². The van der Waals surface area contributed by atoms with Crippen LogP contribution < -0.4 is 0 Å². The van der Waals surface area contributed by atoms with Crippen LogP contribution in [0.15, 0.2) is 6.07 Å². The van der Waals surface area contributed by atoms with Gasteiger partial charge in [0.15, 0.2) is 0 Å². The van der Waals surface area contributed by atoms with E-state index >= 15 is 0 Å². The van der Waals surface area contributed by atoms with E-state index in [-0.39, 0.29) is 17.2 Å². The summed E-state index contributed by atoms with van der Waals surface area (Å²) < 4.78 is 9.74. The molecule has 0 bridgehead atoms. The Labute approximate surface area is 106 Å². The molecule has 0 spiro atoms. The summed E-state index contributed by atoms with van der Waals surface area (Å²) in [5.74, 6) is -1.00. The molecule has 0 aliphatic carbocycles. The van der Waals surface area contributed by atoms with E-state index in [9.17, 15) is 9.59 Å². The molecule has 0 amide bonds. The summed E-state index contributed by atoms with van der Waals surface area (Å²) in [5.41, 5.74) is 1.62. The molecule has 0 fully saturated rings. The largest absolute Gasteiger partial charge is 0.465 e. The van der Waals surface area contributed by atoms with Gasteiger partial charge in [0, 0.05) is 0 Å². The van der Waals surface area contributed by atoms with Crippen molar-refractivity contribution in [1.29, 1.82) is 0 Å². The average Bonchev–Trinajstić information content (AvgIpc) is 2.27. The van der Waals surface area contributed by atoms with Crippen molar-refractivity contribution in [3.63, 3.8) is 0 Å². The number of aryl methyl sites for hydroxylation is 2. The van der Waals surface area contributed by atoms with E-state index in [1.54, 1.807) is 27.7 Å². The number of ether oxygens (including phenoxy) is 2. The Balaban J connectivity index is 3.20. The van der Waals surface area contributed by atoms with Gasteiger partial charge < -0.3 is 9.47 Å². The van der Waals surface area contributed by atoms with Crippen molar-refractivity contribution < 1.29 is 19.1 Å². The molecule has 0 saturated heterocycles. The first-order valence-corrected chi connectivity index (χ1v) is 5.64. The van der Waals surface area contributed by atoms with Gasteiger partial charge in [0.05, 0.1) is 35.7 Å². The van der Waals surface area contributed by atoms with E-state index in [1.807, 2.05) is 0 Å². The molecule has 0 aromatic carbocycles. The van der Waals surface area contributed by atoms with Gasteiger partial charge in [-0.2, -0.15) is 0 Å². The maximum atomic E-state index is 11.8. The highest BCUT2D eigenvalue weighted by Crippen LogP contribution is 2.15. The van der Waals surface area contributed by atoms with Crippen LogP contribution in [0.5, 0.6) is 0 Å². The molecule has 5 heteroatoms. The third-order valence-corrected chi connectivity index (χ3v) is 2.37. The molecular weight excluding hydrogens is 234 g/mol. The maximum absolute atomic E-state index is 11.8. The van der Waals surface area contributed by atoms with Gasteiger partial charge in [0.25, 0.3) is 0 Å². The van der Waals surface area contributed by atoms with Crippen LogP contribution in [0.25, 0.3) is 0 Å². The predicted molar refractivity (Wildman–Crippen MR) is 65.6 cm³/mol. The zero-order valence-electron chi connectivity index (χ0n) is 11.2. The van der Waals surface area contributed by atoms with E-state index in [4.69, 9.17) is 4.74 Å². The minimum Gasteiger partial charge on any atom is -0.465 e. The molecule has 0 radical (unpaired) electrons. The Kier molecular flexibility index (Phi) is 4.42. The molecule has 0 atom stereocenters. The summed E-state index contributed by atoms with van der Waals surface area (Å²) in [5, 5.41) is 0. The smallest absolute Gasteiger partial charge is 0.340 e. The number of carbonyl (C=O) groups excluding carboxylic acids is 2. The second kappa shape index (κ2) is 5.62. The Hall–Kier alpha value is -1.91. The van der Waals surface area contributed by atoms with Crippen molar-refractivity contribution in [2.45, 2.75) is 33.8 Å². The first-order chi connectivity index (χ1) is 8.36. The molecule has 1 heterocycles. The summed E-state index contributed by atoms with van der Waals surface area (Å²) >= 11 is 0. The summed E-state index contributed by atoms with van der Waals surface area (Å²) in [6.07, 6.45) is -0.222. The van der Waals surface area contributed by atoms with Crippen molar-refractivity contribution in [3.05, 3.63) is 28.6 Å². The van der Waals surface area contributed by atoms with Crippen molar-refractivity contribution in [1.82, 2.24) is 4.98 Å². The van der Waals surface area contributed by atoms with Crippen LogP contribution in [-0.2, 0) is 9.47 Å². The fourth-order valence-electron chi connectivity index (χ4n) is 1.53. The summed E-state index contributed by atoms with van der Waals surface area (Å²) in [6, 6.07) is 1.47. The van der Waals surface area contributed by atoms with Gasteiger partial charge >= 0.3 is 11.9 Å². The SMILES string of the molecule is COC(=O)c1cc(C(=O)OC(C)C)c(C)nc1C. The average molecular weight is 251 g/mol. The van der Waals surface area contributed by atoms with Gasteiger partial charge in [-0.05, 0) is 33.8 Å². The minimum atomic E-state index is -0.515. The summed E-state index contributed by atoms with van der Waals surface area (Å²) in [6.45, 7) is 6.91. The molecule has 98 valence electrons. The highest BCUT2D eigenvalue weighted by Gasteiger charge is 2.19. The van der Waals surface area contributed by atoms with Crippen LogP contribution in [0.4, 0.5) is 0 Å². The molecule has 5 nitrogen and oxygen atoms in total. The second-order valence-electron chi connectivity index (χ2n) is 4.20. The normalized spacial score (nSPS) is 10.3. The Morgan fingerprint density at radius 1 is 1.11 bits per heavy atom. The van der Waals surface area contributed by atoms with Crippen LogP contribution >= 0.6 is 0 Å². The van der Waals surface area contributed by atoms with Crippen LogP contribution in [0.1, 0.15) is 46.0 Å². The fraction of sp³-hybridized carbons (Fsp3) is 0.462. The van der Waals surface area contributed by atoms with E-state index in [1.165, 1.54) is 13.2 Å². The number of pyridine rings is 1. The molecule has 1 aromatic heterocycles. The van der Waals surface area contributed by atoms with Crippen LogP contribution in [0.2, 0.25) is 0 Å². The summed E-state index contributed by atoms with van der Waals surface area (Å²) in [7, 11) is 1.29. The highest BCUT2D eigenvalue weighted by atomic mass is 16.5. The number of rotatable bonds is 3. The lowest BCUT2D eigenvalue weighted by atomic mass is 10.1. The maximum Gasteiger partial charge on any atom is 0.340 e. The Morgan fingerprint density at radius 3 is 2.06 bits per heavy atom. The third-order valence-electron chi connectivity index (χ3n) is 2.37. The number of aromatic nitrogens is 1. The molecule has 0 N–H and O–H groups in total. The topological polar surface area (TPSA) is 65.5 Å². The van der Waals surface area contributed by atoms with Gasteiger partial charge in [0.1, 0.15) is 0 Å². The quantitative estimate of drug-likeness (QED) is 0.769. The van der Waals surface area contributed by atoms with E-state index < -0.39 is 11.9 Å². The molecule has 18 heavy (non-hydrogen) atoms. The van der Waals surface area contributed by atoms with Crippen molar-refractivity contribution in [2.24, 2.45) is 0 Å². The number of esters is 2. The second-order valence-corrected chi connectivity index (χ2v) is 4.20. The molecule has 0 unspecified atom stereocenters. The standard InChI is InChI=1S/C13H17NO4/c1-7(2)18-13(16)11-6-10(12(15)17-5)8(3)14-9(11)4/h6-7H,1-5H3. The lowest BCUT2D eigenvalue weighted by molar-refractivity contribution is 0.0376. The van der Waals surface area contributed by atoms with Crippen LogP contribution in [-0.4, -0.2) is 30.1 Å². The van der Waals surface area contributed by atoms with Gasteiger partial charge in [-0.1, -0.05) is 0 Å². The van der Waals surface area contributed by atoms with Crippen LogP contribution in [0.3, 0.4) is 0 Å². The first-order valence-electron chi connectivity index (χ1n) is 5.64. The molecular formula is C13H17NO4. The van der Waals surface area contributed by atoms with Gasteiger partial charge in [0.2, 0.25) is 0 Å². The third kappa shape index (κ3) is 3.06. The van der Waals surface area contributed by atoms with Crippen molar-refractivity contribution in [2.75, 3.05) is 7.11 Å². The summed E-state index contributed by atoms with van der Waals surface area (Å²) in [4.78, 5) is 27.5. The molecule has 1 aromatic rings. The highest BCUT2D eigenvalue weighted by molar-refractivity contribution is 5.96. The zero-order chi connectivity index (χ0) is 13.9. The van der Waals surface area contributed by atoms with Gasteiger partial charge in [-0.3, -0.25) is 4.98 Å². The Bertz CT molecular complexity index is 480. The van der Waals surface area contributed by atoms with Gasteiger partial charge in [-0.25, -0.2) is 9.59 Å². The zero-order valence-corrected chi connectivity index (χ0v) is 11.2. The Morgan fingerprint density at radius 2 is 1.61 bits per heavy atom. The predicted octanol–water partition coefficient (Wildman–Crippen LogP) is 2.05. The minimum absolute atomic E-state index is 0.222. The number of nitrogens with zero attached hydrogens (tertiary/aromatic N) is 1. The van der Waals surface area contributed by atoms with Crippen molar-refractivity contribution in [3.8, 4) is 0 Å². The van der Waals surface area contributed by atoms with Gasteiger partial charge in [-0.15, -0.1) is 0 Å². The molecule has 0 aliphatic heterocycles. The number of carbonyl (C=O) groups is 2. The lowest BCUT2D eigenvalue weighted by Crippen LogP contribution is -2.16. The monoisotopic (exact) mass is 251 g/mol. The number of hydrogen-bond acceptors (Lipinski definition) is 5. The van der Waals surface area contributed by atoms with E-state index in [0.717, 1.165) is 0 Å². The van der Waals surface area contributed by atoms with E-state index in [0.29, 0.717) is 11.4 Å². The number of hydrogen-bond donors (Lipinski definition) is 0. The molecule has 0 aliphatic rings. The lowest BCUT2D eigenvalue weighted by Gasteiger charge is -2.11. The first kappa shape index (κ1) is 14.2. The van der Waals surface area contributed by atoms with Crippen molar-refractivity contribution >= 4 is 11.9 Å².